The Morgan fingerprint density at radius 2 is 1.81 bits per heavy atom. The first-order valence-electron chi connectivity index (χ1n) is 7.37. The van der Waals surface area contributed by atoms with Gasteiger partial charge in [-0.25, -0.2) is 0 Å². The van der Waals surface area contributed by atoms with Gasteiger partial charge in [-0.15, -0.1) is 0 Å². The van der Waals surface area contributed by atoms with Gasteiger partial charge in [0.05, 0.1) is 6.42 Å². The van der Waals surface area contributed by atoms with E-state index in [1.807, 2.05) is 29.2 Å². The first-order chi connectivity index (χ1) is 10.0. The first-order valence-corrected chi connectivity index (χ1v) is 7.37. The lowest BCUT2D eigenvalue weighted by Crippen LogP contribution is -2.35. The SMILES string of the molecule is CC(=O)Nc1ccc(CC(=O)N2CCCN(C)CC2)cc1. The van der Waals surface area contributed by atoms with Gasteiger partial charge in [-0.2, -0.15) is 0 Å². The fraction of sp³-hybridized carbons (Fsp3) is 0.500. The van der Waals surface area contributed by atoms with E-state index in [4.69, 9.17) is 0 Å². The molecule has 0 spiro atoms. The van der Waals surface area contributed by atoms with Crippen molar-refractivity contribution in [1.82, 2.24) is 9.80 Å². The van der Waals surface area contributed by atoms with E-state index < -0.39 is 0 Å². The van der Waals surface area contributed by atoms with Crippen LogP contribution in [0.2, 0.25) is 0 Å². The Morgan fingerprint density at radius 1 is 1.10 bits per heavy atom. The molecule has 1 aliphatic heterocycles. The van der Waals surface area contributed by atoms with Gasteiger partial charge in [0.1, 0.15) is 0 Å². The van der Waals surface area contributed by atoms with Crippen LogP contribution in [0.5, 0.6) is 0 Å². The molecular formula is C16H23N3O2. The normalized spacial score (nSPS) is 16.4. The van der Waals surface area contributed by atoms with Crippen molar-refractivity contribution in [3.05, 3.63) is 29.8 Å². The molecule has 2 rings (SSSR count). The summed E-state index contributed by atoms with van der Waals surface area (Å²) in [6.45, 7) is 5.11. The van der Waals surface area contributed by atoms with Crippen molar-refractivity contribution in [1.29, 1.82) is 0 Å². The molecule has 0 saturated carbocycles. The standard InChI is InChI=1S/C16H23N3O2/c1-13(20)17-15-6-4-14(5-7-15)12-16(21)19-9-3-8-18(2)10-11-19/h4-7H,3,8-12H2,1-2H3,(H,17,20). The number of nitrogens with one attached hydrogen (secondary N) is 1. The fourth-order valence-electron chi connectivity index (χ4n) is 2.49. The lowest BCUT2D eigenvalue weighted by atomic mass is 10.1. The highest BCUT2D eigenvalue weighted by Gasteiger charge is 2.17. The molecule has 0 unspecified atom stereocenters. The highest BCUT2D eigenvalue weighted by molar-refractivity contribution is 5.88. The van der Waals surface area contributed by atoms with Crippen molar-refractivity contribution in [2.24, 2.45) is 0 Å². The molecule has 0 bridgehead atoms. The van der Waals surface area contributed by atoms with Crippen molar-refractivity contribution in [3.8, 4) is 0 Å². The van der Waals surface area contributed by atoms with Crippen LogP contribution in [0, 0.1) is 0 Å². The third-order valence-electron chi connectivity index (χ3n) is 3.70. The zero-order chi connectivity index (χ0) is 15.2. The van der Waals surface area contributed by atoms with Crippen LogP contribution in [0.25, 0.3) is 0 Å². The smallest absolute Gasteiger partial charge is 0.227 e. The van der Waals surface area contributed by atoms with Crippen molar-refractivity contribution < 1.29 is 9.59 Å². The number of hydrogen-bond acceptors (Lipinski definition) is 3. The number of hydrogen-bond donors (Lipinski definition) is 1. The molecule has 0 radical (unpaired) electrons. The zero-order valence-electron chi connectivity index (χ0n) is 12.8. The van der Waals surface area contributed by atoms with Gasteiger partial charge in [-0.05, 0) is 37.7 Å². The third kappa shape index (κ3) is 4.86. The van der Waals surface area contributed by atoms with Crippen LogP contribution in [0.1, 0.15) is 18.9 Å². The highest BCUT2D eigenvalue weighted by Crippen LogP contribution is 2.12. The van der Waals surface area contributed by atoms with E-state index >= 15 is 0 Å². The van der Waals surface area contributed by atoms with Gasteiger partial charge in [0.15, 0.2) is 0 Å². The maximum absolute atomic E-state index is 12.3. The lowest BCUT2D eigenvalue weighted by molar-refractivity contribution is -0.130. The lowest BCUT2D eigenvalue weighted by Gasteiger charge is -2.20. The minimum Gasteiger partial charge on any atom is -0.341 e. The Morgan fingerprint density at radius 3 is 2.48 bits per heavy atom. The Bertz CT molecular complexity index is 499. The van der Waals surface area contributed by atoms with E-state index in [2.05, 4.69) is 17.3 Å². The van der Waals surface area contributed by atoms with E-state index in [0.717, 1.165) is 43.9 Å². The molecule has 5 heteroatoms. The molecule has 114 valence electrons. The van der Waals surface area contributed by atoms with E-state index in [1.165, 1.54) is 6.92 Å². The van der Waals surface area contributed by atoms with Gasteiger partial charge in [0, 0.05) is 32.2 Å². The van der Waals surface area contributed by atoms with Gasteiger partial charge in [-0.3, -0.25) is 9.59 Å². The zero-order valence-corrected chi connectivity index (χ0v) is 12.8. The minimum absolute atomic E-state index is 0.0903. The largest absolute Gasteiger partial charge is 0.341 e. The molecule has 2 amide bonds. The van der Waals surface area contributed by atoms with Gasteiger partial charge in [0.25, 0.3) is 0 Å². The molecule has 0 atom stereocenters. The maximum atomic E-state index is 12.3. The molecule has 0 aliphatic carbocycles. The average Bonchev–Trinajstić information content (AvgIpc) is 2.65. The van der Waals surface area contributed by atoms with E-state index in [9.17, 15) is 9.59 Å². The number of likely N-dealkylation sites (N-methyl/N-ethyl adjacent to an activating group) is 1. The second-order valence-corrected chi connectivity index (χ2v) is 5.59. The Balaban J connectivity index is 1.91. The Hall–Kier alpha value is -1.88. The third-order valence-corrected chi connectivity index (χ3v) is 3.70. The summed E-state index contributed by atoms with van der Waals surface area (Å²) in [6.07, 6.45) is 1.45. The van der Waals surface area contributed by atoms with Crippen LogP contribution in [-0.4, -0.2) is 54.8 Å². The fourth-order valence-corrected chi connectivity index (χ4v) is 2.49. The van der Waals surface area contributed by atoms with Crippen molar-refractivity contribution >= 4 is 17.5 Å². The number of nitrogens with zero attached hydrogens (tertiary/aromatic N) is 2. The van der Waals surface area contributed by atoms with Crippen LogP contribution in [0.3, 0.4) is 0 Å². The van der Waals surface area contributed by atoms with Gasteiger partial charge >= 0.3 is 0 Å². The van der Waals surface area contributed by atoms with Crippen molar-refractivity contribution in [2.75, 3.05) is 38.5 Å². The summed E-state index contributed by atoms with van der Waals surface area (Å²) in [5.41, 5.74) is 1.74. The van der Waals surface area contributed by atoms with E-state index in [0.29, 0.717) is 6.42 Å². The minimum atomic E-state index is -0.0903. The summed E-state index contributed by atoms with van der Waals surface area (Å²) in [5, 5.41) is 2.72. The molecule has 1 saturated heterocycles. The first kappa shape index (κ1) is 15.5. The van der Waals surface area contributed by atoms with Gasteiger partial charge in [-0.1, -0.05) is 12.1 Å². The number of carbonyl (C=O) groups is 2. The topological polar surface area (TPSA) is 52.7 Å². The molecule has 1 aromatic rings. The second-order valence-electron chi connectivity index (χ2n) is 5.59. The van der Waals surface area contributed by atoms with Gasteiger partial charge in [0.2, 0.25) is 11.8 Å². The Kier molecular flexibility index (Phi) is 5.33. The molecule has 21 heavy (non-hydrogen) atoms. The summed E-state index contributed by atoms with van der Waals surface area (Å²) in [7, 11) is 2.09. The Labute approximate surface area is 125 Å². The number of rotatable bonds is 3. The molecule has 5 nitrogen and oxygen atoms in total. The molecule has 0 aromatic heterocycles. The summed E-state index contributed by atoms with van der Waals surface area (Å²) >= 11 is 0. The number of amides is 2. The van der Waals surface area contributed by atoms with Crippen LogP contribution < -0.4 is 5.32 Å². The monoisotopic (exact) mass is 289 g/mol. The predicted molar refractivity (Wildman–Crippen MR) is 83.1 cm³/mol. The van der Waals surface area contributed by atoms with Crippen LogP contribution >= 0.6 is 0 Å². The van der Waals surface area contributed by atoms with Gasteiger partial charge < -0.3 is 15.1 Å². The molecule has 1 heterocycles. The summed E-state index contributed by atoms with van der Waals surface area (Å²) < 4.78 is 0. The molecular weight excluding hydrogens is 266 g/mol. The quantitative estimate of drug-likeness (QED) is 0.914. The number of carbonyl (C=O) groups excluding carboxylic acids is 2. The van der Waals surface area contributed by atoms with Crippen molar-refractivity contribution in [3.63, 3.8) is 0 Å². The number of benzene rings is 1. The molecule has 1 N–H and O–H groups in total. The summed E-state index contributed by atoms with van der Waals surface area (Å²) in [5.74, 6) is 0.0880. The van der Waals surface area contributed by atoms with E-state index in [1.54, 1.807) is 0 Å². The molecule has 1 aromatic carbocycles. The second kappa shape index (κ2) is 7.22. The summed E-state index contributed by atoms with van der Waals surface area (Å²) in [6, 6.07) is 7.46. The maximum Gasteiger partial charge on any atom is 0.227 e. The molecule has 1 fully saturated rings. The predicted octanol–water partition coefficient (Wildman–Crippen LogP) is 1.35. The summed E-state index contributed by atoms with van der Waals surface area (Å²) in [4.78, 5) is 27.5. The van der Waals surface area contributed by atoms with Crippen LogP contribution in [0.15, 0.2) is 24.3 Å². The number of anilines is 1. The average molecular weight is 289 g/mol. The van der Waals surface area contributed by atoms with Crippen molar-refractivity contribution in [2.45, 2.75) is 19.8 Å². The van der Waals surface area contributed by atoms with Crippen LogP contribution in [0.4, 0.5) is 5.69 Å². The van der Waals surface area contributed by atoms with Crippen LogP contribution in [-0.2, 0) is 16.0 Å². The molecule has 1 aliphatic rings. The van der Waals surface area contributed by atoms with E-state index in [-0.39, 0.29) is 11.8 Å². The highest BCUT2D eigenvalue weighted by atomic mass is 16.2.